The van der Waals surface area contributed by atoms with Crippen LogP contribution in [0.2, 0.25) is 5.04 Å². The molecule has 1 heterocycles. The summed E-state index contributed by atoms with van der Waals surface area (Å²) < 4.78 is 23.9. The fourth-order valence-corrected chi connectivity index (χ4v) is 9.48. The molecule has 8 heteroatoms. The number of rotatable bonds is 8. The van der Waals surface area contributed by atoms with Crippen LogP contribution in [0.25, 0.3) is 0 Å². The highest BCUT2D eigenvalue weighted by atomic mass is 28.4. The highest BCUT2D eigenvalue weighted by Crippen LogP contribution is 2.37. The van der Waals surface area contributed by atoms with Crippen molar-refractivity contribution in [2.45, 2.75) is 56.5 Å². The molecular formula is C29H36O7Si. The molecule has 0 aliphatic carbocycles. The van der Waals surface area contributed by atoms with Crippen molar-refractivity contribution in [2.75, 3.05) is 13.7 Å². The van der Waals surface area contributed by atoms with Crippen LogP contribution in [0.4, 0.5) is 0 Å². The van der Waals surface area contributed by atoms with Gasteiger partial charge in [0, 0.05) is 0 Å². The lowest BCUT2D eigenvalue weighted by molar-refractivity contribution is -0.276. The fraction of sp³-hybridized carbons (Fsp3) is 0.379. The number of hydrogen-bond donors (Lipinski definition) is 3. The Hall–Kier alpha value is -2.72. The third kappa shape index (κ3) is 5.60. The van der Waals surface area contributed by atoms with E-state index in [9.17, 15) is 15.3 Å². The van der Waals surface area contributed by atoms with Gasteiger partial charge in [0.1, 0.15) is 35.9 Å². The van der Waals surface area contributed by atoms with Gasteiger partial charge >= 0.3 is 0 Å². The molecule has 0 radical (unpaired) electrons. The summed E-state index contributed by atoms with van der Waals surface area (Å²) >= 11 is 0. The van der Waals surface area contributed by atoms with Crippen molar-refractivity contribution in [1.82, 2.24) is 0 Å². The van der Waals surface area contributed by atoms with Crippen LogP contribution in [0, 0.1) is 0 Å². The molecule has 37 heavy (non-hydrogen) atoms. The first-order chi connectivity index (χ1) is 17.7. The second-order valence-electron chi connectivity index (χ2n) is 10.3. The first kappa shape index (κ1) is 27.3. The number of ether oxygens (including phenoxy) is 3. The number of aliphatic hydroxyl groups is 3. The average molecular weight is 525 g/mol. The molecule has 0 saturated carbocycles. The molecule has 3 N–H and O–H groups in total. The van der Waals surface area contributed by atoms with Crippen LogP contribution in [-0.2, 0) is 9.16 Å². The van der Waals surface area contributed by atoms with E-state index in [1.807, 2.05) is 36.4 Å². The van der Waals surface area contributed by atoms with Crippen molar-refractivity contribution in [3.05, 3.63) is 84.9 Å². The summed E-state index contributed by atoms with van der Waals surface area (Å²) in [5.74, 6) is 1.09. The Morgan fingerprint density at radius 3 is 1.73 bits per heavy atom. The van der Waals surface area contributed by atoms with E-state index in [4.69, 9.17) is 18.6 Å². The maximum Gasteiger partial charge on any atom is 0.261 e. The predicted molar refractivity (Wildman–Crippen MR) is 144 cm³/mol. The molecule has 5 atom stereocenters. The summed E-state index contributed by atoms with van der Waals surface area (Å²) in [4.78, 5) is 0. The van der Waals surface area contributed by atoms with Gasteiger partial charge in [-0.2, -0.15) is 0 Å². The molecule has 198 valence electrons. The molecule has 3 aromatic rings. The third-order valence-electron chi connectivity index (χ3n) is 6.86. The van der Waals surface area contributed by atoms with Gasteiger partial charge in [-0.25, -0.2) is 0 Å². The van der Waals surface area contributed by atoms with Gasteiger partial charge in [-0.15, -0.1) is 0 Å². The fourth-order valence-electron chi connectivity index (χ4n) is 4.91. The van der Waals surface area contributed by atoms with Crippen LogP contribution in [-0.4, -0.2) is 68.1 Å². The van der Waals surface area contributed by atoms with E-state index in [0.717, 1.165) is 10.4 Å². The molecule has 1 fully saturated rings. The van der Waals surface area contributed by atoms with Crippen LogP contribution in [0.3, 0.4) is 0 Å². The zero-order chi connectivity index (χ0) is 26.6. The lowest BCUT2D eigenvalue weighted by Crippen LogP contribution is -2.68. The largest absolute Gasteiger partial charge is 0.497 e. The Morgan fingerprint density at radius 1 is 0.730 bits per heavy atom. The molecule has 1 saturated heterocycles. The highest BCUT2D eigenvalue weighted by molar-refractivity contribution is 6.99. The Kier molecular flexibility index (Phi) is 8.38. The van der Waals surface area contributed by atoms with Crippen molar-refractivity contribution >= 4 is 18.7 Å². The van der Waals surface area contributed by atoms with Gasteiger partial charge in [0.2, 0.25) is 6.29 Å². The SMILES string of the molecule is COc1ccc(O[C@H]2O[C@H](CO[Si](c3ccccc3)(c3ccccc3)C(C)(C)C)[C@@H](O)[C@H](O)[C@@H]2O)cc1. The molecule has 0 spiro atoms. The number of hydrogen-bond acceptors (Lipinski definition) is 7. The van der Waals surface area contributed by atoms with Crippen LogP contribution < -0.4 is 19.8 Å². The van der Waals surface area contributed by atoms with Crippen molar-refractivity contribution < 1.29 is 34.0 Å². The van der Waals surface area contributed by atoms with Crippen molar-refractivity contribution in [1.29, 1.82) is 0 Å². The van der Waals surface area contributed by atoms with Crippen molar-refractivity contribution in [3.63, 3.8) is 0 Å². The molecule has 3 aromatic carbocycles. The van der Waals surface area contributed by atoms with Gasteiger partial charge in [0.25, 0.3) is 8.32 Å². The third-order valence-corrected chi connectivity index (χ3v) is 11.9. The van der Waals surface area contributed by atoms with E-state index in [-0.39, 0.29) is 11.6 Å². The summed E-state index contributed by atoms with van der Waals surface area (Å²) in [7, 11) is -1.33. The highest BCUT2D eigenvalue weighted by Gasteiger charge is 2.52. The zero-order valence-corrected chi connectivity index (χ0v) is 22.7. The minimum Gasteiger partial charge on any atom is -0.497 e. The van der Waals surface area contributed by atoms with E-state index in [0.29, 0.717) is 11.5 Å². The second kappa shape index (κ2) is 11.3. The first-order valence-electron chi connectivity index (χ1n) is 12.4. The van der Waals surface area contributed by atoms with Crippen LogP contribution in [0.1, 0.15) is 20.8 Å². The molecule has 0 bridgehead atoms. The van der Waals surface area contributed by atoms with Gasteiger partial charge in [-0.05, 0) is 39.7 Å². The minimum absolute atomic E-state index is 0.000694. The molecular weight excluding hydrogens is 488 g/mol. The molecule has 0 aromatic heterocycles. The van der Waals surface area contributed by atoms with Gasteiger partial charge in [0.05, 0.1) is 13.7 Å². The number of aliphatic hydroxyl groups excluding tert-OH is 3. The Balaban J connectivity index is 1.62. The molecule has 1 aliphatic rings. The molecule has 1 aliphatic heterocycles. The Morgan fingerprint density at radius 2 is 1.24 bits per heavy atom. The average Bonchev–Trinajstić information content (AvgIpc) is 2.91. The summed E-state index contributed by atoms with van der Waals surface area (Å²) in [6.45, 7) is 6.48. The van der Waals surface area contributed by atoms with E-state index in [1.54, 1.807) is 31.4 Å². The summed E-state index contributed by atoms with van der Waals surface area (Å²) in [5.41, 5.74) is 0. The van der Waals surface area contributed by atoms with Crippen molar-refractivity contribution in [3.8, 4) is 11.5 Å². The van der Waals surface area contributed by atoms with Gasteiger partial charge in [-0.1, -0.05) is 81.4 Å². The monoisotopic (exact) mass is 524 g/mol. The zero-order valence-electron chi connectivity index (χ0n) is 21.7. The van der Waals surface area contributed by atoms with Crippen LogP contribution >= 0.6 is 0 Å². The first-order valence-corrected chi connectivity index (χ1v) is 14.3. The normalized spacial score (nSPS) is 24.5. The summed E-state index contributed by atoms with van der Waals surface area (Å²) in [6.07, 6.45) is -6.39. The maximum atomic E-state index is 10.8. The maximum absolute atomic E-state index is 10.8. The van der Waals surface area contributed by atoms with E-state index < -0.39 is 39.0 Å². The molecule has 0 unspecified atom stereocenters. The number of benzene rings is 3. The van der Waals surface area contributed by atoms with E-state index >= 15 is 0 Å². The molecule has 7 nitrogen and oxygen atoms in total. The molecule has 4 rings (SSSR count). The predicted octanol–water partition coefficient (Wildman–Crippen LogP) is 2.46. The minimum atomic E-state index is -2.90. The Labute approximate surface area is 219 Å². The lowest BCUT2D eigenvalue weighted by atomic mass is 9.99. The quantitative estimate of drug-likeness (QED) is 0.390. The number of methoxy groups -OCH3 is 1. The van der Waals surface area contributed by atoms with Gasteiger partial charge in [-0.3, -0.25) is 0 Å². The smallest absolute Gasteiger partial charge is 0.261 e. The Bertz CT molecular complexity index is 1080. The van der Waals surface area contributed by atoms with E-state index in [1.165, 1.54) is 0 Å². The standard InChI is InChI=1S/C29H36O7Si/c1-29(2,3)37(22-11-7-5-8-12-22,23-13-9-6-10-14-23)34-19-24-25(30)26(31)27(32)28(36-24)35-21-17-15-20(33-4)16-18-21/h5-18,24-28,30-32H,19H2,1-4H3/t24-,25-,26+,27+,28+/m1/s1. The summed E-state index contributed by atoms with van der Waals surface area (Å²) in [6, 6.07) is 27.1. The lowest BCUT2D eigenvalue weighted by Gasteiger charge is -2.45. The van der Waals surface area contributed by atoms with Crippen molar-refractivity contribution in [2.24, 2.45) is 0 Å². The van der Waals surface area contributed by atoms with Crippen LogP contribution in [0.15, 0.2) is 84.9 Å². The van der Waals surface area contributed by atoms with Crippen LogP contribution in [0.5, 0.6) is 11.5 Å². The topological polar surface area (TPSA) is 97.6 Å². The van der Waals surface area contributed by atoms with E-state index in [2.05, 4.69) is 45.0 Å². The second-order valence-corrected chi connectivity index (χ2v) is 14.6. The van der Waals surface area contributed by atoms with Gasteiger partial charge < -0.3 is 34.0 Å². The molecule has 0 amide bonds. The van der Waals surface area contributed by atoms with Gasteiger partial charge in [0.15, 0.2) is 0 Å². The summed E-state index contributed by atoms with van der Waals surface area (Å²) in [5, 5.41) is 34.0.